The van der Waals surface area contributed by atoms with E-state index >= 15 is 0 Å². The predicted molar refractivity (Wildman–Crippen MR) is 436 cm³/mol. The Hall–Kier alpha value is -2.87. The Morgan fingerprint density at radius 1 is 0.361 bits per heavy atom. The van der Waals surface area contributed by atoms with E-state index in [1.54, 1.807) is 0 Å². The smallest absolute Gasteiger partial charge is 0.348 e. The van der Waals surface area contributed by atoms with Crippen LogP contribution in [0.1, 0.15) is 474 Å². The Labute approximate surface area is 619 Å². The first-order valence-corrected chi connectivity index (χ1v) is 43.1. The Bertz CT molecular complexity index is 2020. The third kappa shape index (κ3) is 70.0. The third-order valence-electron chi connectivity index (χ3n) is 19.8. The van der Waals surface area contributed by atoms with Crippen molar-refractivity contribution in [1.29, 1.82) is 0 Å². The molecule has 0 bridgehead atoms. The molecule has 3 heteroatoms. The second kappa shape index (κ2) is 83.8. The van der Waals surface area contributed by atoms with E-state index in [9.17, 15) is 5.53 Å². The molecule has 97 heavy (non-hydrogen) atoms. The number of allylic oxidation sites excluding steroid dienone is 4. The van der Waals surface area contributed by atoms with Crippen molar-refractivity contribution in [3.8, 4) is 11.8 Å². The maximum Gasteiger partial charge on any atom is 2.00 e. The molecule has 0 spiro atoms. The van der Waals surface area contributed by atoms with Gasteiger partial charge in [-0.05, 0) is 78.5 Å². The molecule has 0 unspecified atom stereocenters. The van der Waals surface area contributed by atoms with E-state index in [0.717, 1.165) is 68.9 Å². The van der Waals surface area contributed by atoms with Gasteiger partial charge in [0.05, 0.1) is 0 Å². The first-order valence-electron chi connectivity index (χ1n) is 43.1. The normalized spacial score (nSPS) is 11.1. The number of hydrogen-bond acceptors (Lipinski definition) is 0. The van der Waals surface area contributed by atoms with Gasteiger partial charge in [0.1, 0.15) is 5.57 Å². The van der Waals surface area contributed by atoms with E-state index < -0.39 is 0 Å². The monoisotopic (exact) mass is 1380 g/mol. The van der Waals surface area contributed by atoms with Gasteiger partial charge in [-0.25, -0.2) is 0 Å². The molecule has 0 aliphatic carbocycles. The van der Waals surface area contributed by atoms with Gasteiger partial charge in [0, 0.05) is 12.8 Å². The Balaban J connectivity index is 0. The first kappa shape index (κ1) is 96.2. The largest absolute Gasteiger partial charge is 2.00 e. The molecule has 0 saturated heterocycles. The molecule has 0 aliphatic heterocycles. The van der Waals surface area contributed by atoms with E-state index in [1.807, 2.05) is 6.08 Å². The van der Waals surface area contributed by atoms with Crippen molar-refractivity contribution in [3.05, 3.63) is 114 Å². The maximum atomic E-state index is 9.42. The van der Waals surface area contributed by atoms with Crippen molar-refractivity contribution >= 4 is 11.4 Å². The summed E-state index contributed by atoms with van der Waals surface area (Å²) in [5, 5.41) is 0. The second-order valence-corrected chi connectivity index (χ2v) is 29.3. The fourth-order valence-corrected chi connectivity index (χ4v) is 13.5. The Morgan fingerprint density at radius 3 is 1.03 bits per heavy atom. The average molecular weight is 1380 g/mol. The Morgan fingerprint density at radius 2 is 0.691 bits per heavy atom. The van der Waals surface area contributed by atoms with Crippen LogP contribution in [0.25, 0.3) is 11.1 Å². The van der Waals surface area contributed by atoms with E-state index in [-0.39, 0.29) is 16.5 Å². The summed E-state index contributed by atoms with van der Waals surface area (Å²) in [4.78, 5) is 3.28. The summed E-state index contributed by atoms with van der Waals surface area (Å²) in [6.07, 6.45) is 98.7. The van der Waals surface area contributed by atoms with Gasteiger partial charge in [-0.3, -0.25) is 0 Å². The van der Waals surface area contributed by atoms with Crippen molar-refractivity contribution in [1.82, 2.24) is 0 Å². The van der Waals surface area contributed by atoms with Gasteiger partial charge >= 0.3 is 22.4 Å². The minimum absolute atomic E-state index is 0. The topological polar surface area (TPSA) is 36.4 Å². The number of nitrogens with zero attached hydrogens (tertiary/aromatic N) is 2. The molecule has 2 rings (SSSR count). The van der Waals surface area contributed by atoms with Crippen LogP contribution in [0.15, 0.2) is 72.3 Å². The zero-order chi connectivity index (χ0) is 69.4. The van der Waals surface area contributed by atoms with E-state index in [2.05, 4.69) is 132 Å². The van der Waals surface area contributed by atoms with E-state index in [4.69, 9.17) is 0 Å². The number of aryl methyl sites for hydroxylation is 2. The van der Waals surface area contributed by atoms with Crippen LogP contribution >= 0.6 is 0 Å². The third-order valence-corrected chi connectivity index (χ3v) is 19.8. The predicted octanol–water partition coefficient (Wildman–Crippen LogP) is 32.7. The molecule has 0 aliphatic rings. The van der Waals surface area contributed by atoms with Crippen LogP contribution in [0.4, 0.5) is 0 Å². The second-order valence-electron chi connectivity index (χ2n) is 29.3. The van der Waals surface area contributed by atoms with Gasteiger partial charge < -0.3 is 19.4 Å². The molecule has 2 aromatic rings. The summed E-state index contributed by atoms with van der Waals surface area (Å²) < 4.78 is 0. The molecule has 0 aromatic heterocycles. The van der Waals surface area contributed by atoms with Gasteiger partial charge in [0.2, 0.25) is 0 Å². The summed E-state index contributed by atoms with van der Waals surface area (Å²) in [5.41, 5.74) is 16.4. The van der Waals surface area contributed by atoms with Crippen LogP contribution in [0.3, 0.4) is 0 Å². The van der Waals surface area contributed by atoms with Gasteiger partial charge in [-0.2, -0.15) is 12.8 Å². The number of benzene rings is 2. The number of hydrogen-bond donors (Lipinski definition) is 0. The van der Waals surface area contributed by atoms with Gasteiger partial charge in [-0.1, -0.05) is 455 Å². The molecule has 0 N–H and O–H groups in total. The van der Waals surface area contributed by atoms with Crippen LogP contribution in [-0.2, 0) is 29.3 Å². The SMILES string of the molecule is CCCC=CC(=C=[N+]=[N-])C=C(c1cccc(CCCC)c1)c1ccccc1CCCC#CCCCCCCCCCCCCCCCCCCCCCCCC.[CH2-]CCCCCCCCCCCCCCCCCCC.[CH2-]CCCCCCCCCCCCCCCCCCC.[Ni+2]. The minimum atomic E-state index is 0. The minimum Gasteiger partial charge on any atom is -0.348 e. The molecule has 0 amide bonds. The Kier molecular flexibility index (Phi) is 83.1. The average Bonchev–Trinajstić information content (AvgIpc) is 0.829. The summed E-state index contributed by atoms with van der Waals surface area (Å²) in [6.45, 7) is 19.1. The molecule has 2 aromatic carbocycles. The van der Waals surface area contributed by atoms with Crippen molar-refractivity contribution in [2.75, 3.05) is 0 Å². The zero-order valence-corrected chi connectivity index (χ0v) is 66.8. The van der Waals surface area contributed by atoms with Crippen LogP contribution in [0.5, 0.6) is 0 Å². The van der Waals surface area contributed by atoms with Crippen molar-refractivity contribution < 1.29 is 21.3 Å². The molecule has 0 saturated carbocycles. The fraction of sp³-hybridized carbons (Fsp3) is 0.766. The van der Waals surface area contributed by atoms with Crippen LogP contribution in [0.2, 0.25) is 0 Å². The summed E-state index contributed by atoms with van der Waals surface area (Å²) in [6, 6.07) is 17.7. The summed E-state index contributed by atoms with van der Waals surface area (Å²) in [5.74, 6) is 9.76. The van der Waals surface area contributed by atoms with Gasteiger partial charge in [0.15, 0.2) is 0 Å². The summed E-state index contributed by atoms with van der Waals surface area (Å²) in [7, 11) is 0. The van der Waals surface area contributed by atoms with Crippen LogP contribution in [-0.4, -0.2) is 10.7 Å². The number of unbranched alkanes of at least 4 members (excludes halogenated alkanes) is 59. The molecular weight excluding hydrogens is 1220 g/mol. The maximum absolute atomic E-state index is 9.42. The van der Waals surface area contributed by atoms with Gasteiger partial charge in [-0.15, -0.1) is 16.6 Å². The van der Waals surface area contributed by atoms with E-state index in [0.29, 0.717) is 0 Å². The van der Waals surface area contributed by atoms with Crippen LogP contribution < -0.4 is 0 Å². The molecule has 0 fully saturated rings. The fourth-order valence-electron chi connectivity index (χ4n) is 13.5. The molecule has 0 heterocycles. The van der Waals surface area contributed by atoms with Crippen molar-refractivity contribution in [2.45, 2.75) is 465 Å². The molecule has 0 atom stereocenters. The standard InChI is InChI=1S/C54H82N2.2C20H41.Ni/c1-4-7-10-11-12-13-14-15-16-17-18-19-20-21-22-23-24-25-26-27-28-29-30-31-32-33-35-42-51-43-36-37-45-53(51)54(47-50(48-56-55)40-34-8-5-2)52-44-38-41-49(46-52)39-9-6-3;2*1-3-5-7-9-11-13-15-17-19-20-18-16-14-12-10-8-6-4-2;/h34,36-38,40-41,43-47H,4-30,33,35,39,42H2,1-3H3;2*1,3-20H2,2H3;/q;2*-1;+2. The molecule has 0 radical (unpaired) electrons. The number of rotatable bonds is 68. The van der Waals surface area contributed by atoms with Crippen LogP contribution in [0, 0.1) is 25.7 Å². The summed E-state index contributed by atoms with van der Waals surface area (Å²) >= 11 is 0. The van der Waals surface area contributed by atoms with Crippen molar-refractivity contribution in [2.24, 2.45) is 0 Å². The zero-order valence-electron chi connectivity index (χ0n) is 65.9. The molecule has 560 valence electrons. The molecular formula is C94H164N2Ni. The van der Waals surface area contributed by atoms with E-state index in [1.165, 1.54) is 395 Å². The van der Waals surface area contributed by atoms with Gasteiger partial charge in [0.25, 0.3) is 0 Å². The quantitative estimate of drug-likeness (QED) is 0.00925. The molecule has 2 nitrogen and oxygen atoms in total. The van der Waals surface area contributed by atoms with Crippen molar-refractivity contribution in [3.63, 3.8) is 0 Å². The first-order chi connectivity index (χ1) is 47.6.